The molecule has 0 fully saturated rings. The summed E-state index contributed by atoms with van der Waals surface area (Å²) in [4.78, 5) is 0. The lowest BCUT2D eigenvalue weighted by Crippen LogP contribution is -1.93. The van der Waals surface area contributed by atoms with E-state index in [0.29, 0.717) is 0 Å². The van der Waals surface area contributed by atoms with Gasteiger partial charge in [-0.2, -0.15) is 0 Å². The van der Waals surface area contributed by atoms with Crippen LogP contribution in [0.4, 0.5) is 11.4 Å². The van der Waals surface area contributed by atoms with Gasteiger partial charge in [0, 0.05) is 22.0 Å². The Morgan fingerprint density at radius 3 is 2.20 bits per heavy atom. The van der Waals surface area contributed by atoms with Crippen molar-refractivity contribution in [3.63, 3.8) is 0 Å². The Balaban J connectivity index is 1.55. The molecule has 1 N–H and O–H groups in total. The van der Waals surface area contributed by atoms with E-state index in [0.717, 1.165) is 33.5 Å². The maximum Gasteiger partial charge on any atom is 0.158 e. The molecule has 1 heterocycles. The number of hydrogen-bond donors (Lipinski definition) is 1. The number of rotatable bonds is 3. The van der Waals surface area contributed by atoms with Crippen LogP contribution in [-0.2, 0) is 0 Å². The van der Waals surface area contributed by atoms with E-state index < -0.39 is 0 Å². The molecule has 5 aromatic carbocycles. The first-order valence-corrected chi connectivity index (χ1v) is 10.1. The van der Waals surface area contributed by atoms with Crippen molar-refractivity contribution in [2.45, 2.75) is 0 Å². The van der Waals surface area contributed by atoms with Gasteiger partial charge in [-0.15, -0.1) is 0 Å². The summed E-state index contributed by atoms with van der Waals surface area (Å²) in [6.07, 6.45) is 0. The summed E-state index contributed by atoms with van der Waals surface area (Å²) in [5.74, 6) is 0. The summed E-state index contributed by atoms with van der Waals surface area (Å²) < 4.78 is 6.35. The average Bonchev–Trinajstić information content (AvgIpc) is 3.20. The summed E-state index contributed by atoms with van der Waals surface area (Å²) in [6, 6.07) is 37.8. The van der Waals surface area contributed by atoms with Crippen molar-refractivity contribution in [1.82, 2.24) is 0 Å². The van der Waals surface area contributed by atoms with Gasteiger partial charge in [0.15, 0.2) is 5.58 Å². The van der Waals surface area contributed by atoms with E-state index in [4.69, 9.17) is 4.42 Å². The molecular weight excluding hydrogens is 366 g/mol. The van der Waals surface area contributed by atoms with E-state index in [9.17, 15) is 0 Å². The summed E-state index contributed by atoms with van der Waals surface area (Å²) in [6.45, 7) is 0. The fourth-order valence-electron chi connectivity index (χ4n) is 4.27. The first-order valence-electron chi connectivity index (χ1n) is 10.1. The van der Waals surface area contributed by atoms with Gasteiger partial charge in [-0.3, -0.25) is 0 Å². The van der Waals surface area contributed by atoms with Crippen LogP contribution >= 0.6 is 0 Å². The lowest BCUT2D eigenvalue weighted by atomic mass is 10.0. The lowest BCUT2D eigenvalue weighted by molar-refractivity contribution is 0.670. The smallest absolute Gasteiger partial charge is 0.158 e. The van der Waals surface area contributed by atoms with Gasteiger partial charge in [0.1, 0.15) is 5.58 Å². The number of anilines is 2. The molecule has 0 bridgehead atoms. The van der Waals surface area contributed by atoms with E-state index in [1.165, 1.54) is 21.7 Å². The Kier molecular flexibility index (Phi) is 3.82. The molecule has 0 aliphatic carbocycles. The Bertz CT molecular complexity index is 1510. The van der Waals surface area contributed by atoms with E-state index in [1.54, 1.807) is 0 Å². The monoisotopic (exact) mass is 385 g/mol. The minimum Gasteiger partial charge on any atom is -0.454 e. The predicted molar refractivity (Wildman–Crippen MR) is 126 cm³/mol. The highest BCUT2D eigenvalue weighted by molar-refractivity contribution is 6.20. The van der Waals surface area contributed by atoms with Crippen LogP contribution in [0.3, 0.4) is 0 Å². The molecule has 0 saturated heterocycles. The first kappa shape index (κ1) is 16.9. The highest BCUT2D eigenvalue weighted by atomic mass is 16.3. The molecule has 0 radical (unpaired) electrons. The van der Waals surface area contributed by atoms with Gasteiger partial charge in [-0.1, -0.05) is 91.0 Å². The van der Waals surface area contributed by atoms with Crippen molar-refractivity contribution in [3.8, 4) is 11.1 Å². The molecule has 0 unspecified atom stereocenters. The highest BCUT2D eigenvalue weighted by Gasteiger charge is 2.14. The number of benzene rings is 5. The maximum absolute atomic E-state index is 6.35. The Morgan fingerprint density at radius 2 is 1.27 bits per heavy atom. The molecule has 0 amide bonds. The summed E-state index contributed by atoms with van der Waals surface area (Å²) in [5.41, 5.74) is 6.17. The predicted octanol–water partition coefficient (Wildman–Crippen LogP) is 8.15. The number of para-hydroxylation sites is 2. The third-order valence-corrected chi connectivity index (χ3v) is 5.67. The fourth-order valence-corrected chi connectivity index (χ4v) is 4.27. The molecule has 6 aromatic rings. The van der Waals surface area contributed by atoms with Crippen LogP contribution in [-0.4, -0.2) is 0 Å². The van der Waals surface area contributed by atoms with E-state index in [1.807, 2.05) is 6.07 Å². The molecule has 30 heavy (non-hydrogen) atoms. The fraction of sp³-hybridized carbons (Fsp3) is 0. The van der Waals surface area contributed by atoms with Gasteiger partial charge in [-0.05, 0) is 34.5 Å². The number of fused-ring (bicyclic) bond motifs is 5. The molecule has 0 atom stereocenters. The molecule has 2 nitrogen and oxygen atoms in total. The van der Waals surface area contributed by atoms with Crippen molar-refractivity contribution < 1.29 is 4.42 Å². The van der Waals surface area contributed by atoms with Crippen LogP contribution in [0.2, 0.25) is 0 Å². The molecule has 0 aliphatic heterocycles. The summed E-state index contributed by atoms with van der Waals surface area (Å²) >= 11 is 0. The zero-order chi connectivity index (χ0) is 19.9. The average molecular weight is 385 g/mol. The SMILES string of the molecule is c1ccc(-c2ccccc2Nc2cccc3c2oc2ccc4ccccc4c23)cc1. The molecular formula is C28H19NO. The third-order valence-electron chi connectivity index (χ3n) is 5.67. The Labute approximate surface area is 174 Å². The van der Waals surface area contributed by atoms with Crippen LogP contribution in [0.1, 0.15) is 0 Å². The molecule has 0 saturated carbocycles. The Hall–Kier alpha value is -4.04. The second kappa shape index (κ2) is 6.78. The Morgan fingerprint density at radius 1 is 0.533 bits per heavy atom. The number of nitrogens with one attached hydrogen (secondary N) is 1. The second-order valence-electron chi connectivity index (χ2n) is 7.48. The van der Waals surface area contributed by atoms with E-state index in [-0.39, 0.29) is 0 Å². The highest BCUT2D eigenvalue weighted by Crippen LogP contribution is 2.39. The summed E-state index contributed by atoms with van der Waals surface area (Å²) in [7, 11) is 0. The first-order chi connectivity index (χ1) is 14.9. The number of hydrogen-bond acceptors (Lipinski definition) is 2. The van der Waals surface area contributed by atoms with Gasteiger partial charge >= 0.3 is 0 Å². The summed E-state index contributed by atoms with van der Waals surface area (Å²) in [5, 5.41) is 8.37. The standard InChI is InChI=1S/C28H19NO/c1-2-9-19(10-3-1)21-12-6-7-15-24(21)29-25-16-8-14-23-27-22-13-5-4-11-20(22)17-18-26(27)30-28(23)25/h1-18,29H. The van der Waals surface area contributed by atoms with Crippen molar-refractivity contribution >= 4 is 44.1 Å². The molecule has 0 spiro atoms. The quantitative estimate of drug-likeness (QED) is 0.332. The van der Waals surface area contributed by atoms with Crippen LogP contribution < -0.4 is 5.32 Å². The topological polar surface area (TPSA) is 25.2 Å². The van der Waals surface area contributed by atoms with Gasteiger partial charge in [-0.25, -0.2) is 0 Å². The largest absolute Gasteiger partial charge is 0.454 e. The van der Waals surface area contributed by atoms with Gasteiger partial charge in [0.2, 0.25) is 0 Å². The molecule has 0 aliphatic rings. The molecule has 142 valence electrons. The minimum absolute atomic E-state index is 0.881. The van der Waals surface area contributed by atoms with Crippen LogP contribution in [0.5, 0.6) is 0 Å². The van der Waals surface area contributed by atoms with Gasteiger partial charge < -0.3 is 9.73 Å². The van der Waals surface area contributed by atoms with Crippen LogP contribution in [0, 0.1) is 0 Å². The van der Waals surface area contributed by atoms with Gasteiger partial charge in [0.05, 0.1) is 5.69 Å². The van der Waals surface area contributed by atoms with Crippen molar-refractivity contribution in [1.29, 1.82) is 0 Å². The van der Waals surface area contributed by atoms with Crippen molar-refractivity contribution in [3.05, 3.63) is 109 Å². The lowest BCUT2D eigenvalue weighted by Gasteiger charge is -2.12. The maximum atomic E-state index is 6.35. The zero-order valence-corrected chi connectivity index (χ0v) is 16.3. The third kappa shape index (κ3) is 2.66. The number of furan rings is 1. The van der Waals surface area contributed by atoms with Crippen molar-refractivity contribution in [2.24, 2.45) is 0 Å². The van der Waals surface area contributed by atoms with E-state index >= 15 is 0 Å². The van der Waals surface area contributed by atoms with E-state index in [2.05, 4.69) is 108 Å². The molecule has 1 aromatic heterocycles. The minimum atomic E-state index is 0.881. The second-order valence-corrected chi connectivity index (χ2v) is 7.48. The van der Waals surface area contributed by atoms with Crippen molar-refractivity contribution in [2.75, 3.05) is 5.32 Å². The van der Waals surface area contributed by atoms with Crippen LogP contribution in [0.25, 0.3) is 43.8 Å². The zero-order valence-electron chi connectivity index (χ0n) is 16.3. The van der Waals surface area contributed by atoms with Gasteiger partial charge in [0.25, 0.3) is 0 Å². The molecule has 6 rings (SSSR count). The normalized spacial score (nSPS) is 11.3. The van der Waals surface area contributed by atoms with Crippen LogP contribution in [0.15, 0.2) is 114 Å². The molecule has 2 heteroatoms.